The lowest BCUT2D eigenvalue weighted by Gasteiger charge is -2.26. The van der Waals surface area contributed by atoms with E-state index >= 15 is 0 Å². The third-order valence-electron chi connectivity index (χ3n) is 5.63. The Kier molecular flexibility index (Phi) is 4.81. The van der Waals surface area contributed by atoms with Crippen LogP contribution in [0.5, 0.6) is 0 Å². The van der Waals surface area contributed by atoms with E-state index in [2.05, 4.69) is 18.4 Å². The van der Waals surface area contributed by atoms with Crippen LogP contribution in [0, 0.1) is 19.8 Å². The van der Waals surface area contributed by atoms with E-state index in [0.29, 0.717) is 18.5 Å². The zero-order valence-corrected chi connectivity index (χ0v) is 14.7. The maximum atomic E-state index is 12.8. The molecule has 2 fully saturated rings. The first-order chi connectivity index (χ1) is 11.0. The van der Waals surface area contributed by atoms with Gasteiger partial charge in [-0.05, 0) is 51.5 Å². The first-order valence-corrected chi connectivity index (χ1v) is 9.11. The Hall–Kier alpha value is -1.29. The summed E-state index contributed by atoms with van der Waals surface area (Å²) >= 11 is 0. The summed E-state index contributed by atoms with van der Waals surface area (Å²) in [5, 5.41) is 10.1. The highest BCUT2D eigenvalue weighted by Crippen LogP contribution is 2.34. The summed E-state index contributed by atoms with van der Waals surface area (Å²) in [5.41, 5.74) is 3.08. The second-order valence-corrected chi connectivity index (χ2v) is 7.54. The maximum absolute atomic E-state index is 12.8. The number of rotatable bonds is 5. The smallest absolute Gasteiger partial charge is 0.255 e. The second kappa shape index (κ2) is 6.68. The Bertz CT molecular complexity index is 568. The van der Waals surface area contributed by atoms with Gasteiger partial charge in [0.1, 0.15) is 0 Å². The number of carbonyl (C=O) groups is 1. The molecule has 0 saturated heterocycles. The lowest BCUT2D eigenvalue weighted by atomic mass is 9.95. The number of amides is 1. The lowest BCUT2D eigenvalue weighted by Crippen LogP contribution is -2.35. The van der Waals surface area contributed by atoms with Crippen molar-refractivity contribution in [1.82, 2.24) is 9.47 Å². The van der Waals surface area contributed by atoms with Crippen LogP contribution < -0.4 is 0 Å². The van der Waals surface area contributed by atoms with E-state index in [9.17, 15) is 9.90 Å². The molecule has 0 aromatic carbocycles. The molecular formula is C19H30N2O2. The Morgan fingerprint density at radius 1 is 1.26 bits per heavy atom. The standard InChI is InChI=1S/C19H30N2O2/c1-13-11-17(14(2)21(13)16-7-5-4-6-8-16)19(23)20(3)12-18(22)15-9-10-15/h11,15-16,18,22H,4-10,12H2,1-3H3. The van der Waals surface area contributed by atoms with Crippen LogP contribution in [0.4, 0.5) is 0 Å². The van der Waals surface area contributed by atoms with Gasteiger partial charge in [-0.1, -0.05) is 19.3 Å². The summed E-state index contributed by atoms with van der Waals surface area (Å²) in [6.07, 6.45) is 8.19. The van der Waals surface area contributed by atoms with Gasteiger partial charge >= 0.3 is 0 Å². The molecule has 1 N–H and O–H groups in total. The van der Waals surface area contributed by atoms with Gasteiger partial charge < -0.3 is 14.6 Å². The van der Waals surface area contributed by atoms with E-state index in [1.165, 1.54) is 37.8 Å². The molecule has 2 aliphatic rings. The third-order valence-corrected chi connectivity index (χ3v) is 5.63. The van der Waals surface area contributed by atoms with Crippen molar-refractivity contribution in [3.63, 3.8) is 0 Å². The molecule has 1 heterocycles. The molecule has 0 radical (unpaired) electrons. The lowest BCUT2D eigenvalue weighted by molar-refractivity contribution is 0.0644. The molecule has 1 aromatic rings. The number of carbonyl (C=O) groups excluding carboxylic acids is 1. The van der Waals surface area contributed by atoms with E-state index in [1.807, 2.05) is 6.07 Å². The first kappa shape index (κ1) is 16.6. The maximum Gasteiger partial charge on any atom is 0.255 e. The van der Waals surface area contributed by atoms with Gasteiger partial charge in [-0.2, -0.15) is 0 Å². The Morgan fingerprint density at radius 2 is 1.91 bits per heavy atom. The van der Waals surface area contributed by atoms with Crippen molar-refractivity contribution in [2.45, 2.75) is 70.9 Å². The molecule has 23 heavy (non-hydrogen) atoms. The molecular weight excluding hydrogens is 288 g/mol. The summed E-state index contributed by atoms with van der Waals surface area (Å²) in [5.74, 6) is 0.444. The van der Waals surface area contributed by atoms with E-state index < -0.39 is 0 Å². The second-order valence-electron chi connectivity index (χ2n) is 7.54. The summed E-state index contributed by atoms with van der Waals surface area (Å²) < 4.78 is 2.37. The van der Waals surface area contributed by atoms with Crippen molar-refractivity contribution in [3.8, 4) is 0 Å². The van der Waals surface area contributed by atoms with Crippen LogP contribution in [0.15, 0.2) is 6.07 Å². The van der Waals surface area contributed by atoms with Crippen LogP contribution in [0.3, 0.4) is 0 Å². The molecule has 1 unspecified atom stereocenters. The number of aromatic nitrogens is 1. The normalized spacial score (nSPS) is 20.5. The van der Waals surface area contributed by atoms with Gasteiger partial charge in [-0.25, -0.2) is 0 Å². The number of nitrogens with zero attached hydrogens (tertiary/aromatic N) is 2. The quantitative estimate of drug-likeness (QED) is 0.904. The fraction of sp³-hybridized carbons (Fsp3) is 0.737. The van der Waals surface area contributed by atoms with E-state index in [1.54, 1.807) is 11.9 Å². The average molecular weight is 318 g/mol. The Morgan fingerprint density at radius 3 is 2.52 bits per heavy atom. The van der Waals surface area contributed by atoms with Crippen molar-refractivity contribution >= 4 is 5.91 Å². The summed E-state index contributed by atoms with van der Waals surface area (Å²) in [6.45, 7) is 4.62. The molecule has 0 bridgehead atoms. The van der Waals surface area contributed by atoms with Gasteiger partial charge in [0.2, 0.25) is 0 Å². The van der Waals surface area contributed by atoms with Crippen LogP contribution in [0.1, 0.15) is 72.7 Å². The van der Waals surface area contributed by atoms with Crippen molar-refractivity contribution in [1.29, 1.82) is 0 Å². The van der Waals surface area contributed by atoms with Gasteiger partial charge in [0.15, 0.2) is 0 Å². The number of hydrogen-bond donors (Lipinski definition) is 1. The monoisotopic (exact) mass is 318 g/mol. The average Bonchev–Trinajstić information content (AvgIpc) is 3.34. The number of likely N-dealkylation sites (N-methyl/N-ethyl adjacent to an activating group) is 1. The van der Waals surface area contributed by atoms with E-state index in [-0.39, 0.29) is 12.0 Å². The molecule has 2 aliphatic carbocycles. The molecule has 4 nitrogen and oxygen atoms in total. The van der Waals surface area contributed by atoms with Crippen molar-refractivity contribution in [3.05, 3.63) is 23.0 Å². The van der Waals surface area contributed by atoms with Crippen LogP contribution in [-0.4, -0.2) is 40.2 Å². The number of aliphatic hydroxyl groups excluding tert-OH is 1. The highest BCUT2D eigenvalue weighted by Gasteiger charge is 2.32. The Labute approximate surface area is 139 Å². The Balaban J connectivity index is 1.75. The van der Waals surface area contributed by atoms with E-state index in [4.69, 9.17) is 0 Å². The topological polar surface area (TPSA) is 45.5 Å². The number of hydrogen-bond acceptors (Lipinski definition) is 2. The van der Waals surface area contributed by atoms with E-state index in [0.717, 1.165) is 24.1 Å². The van der Waals surface area contributed by atoms with Crippen molar-refractivity contribution < 1.29 is 9.90 Å². The largest absolute Gasteiger partial charge is 0.391 e. The fourth-order valence-corrected chi connectivity index (χ4v) is 4.09. The zero-order valence-electron chi connectivity index (χ0n) is 14.7. The minimum absolute atomic E-state index is 0.0415. The minimum Gasteiger partial charge on any atom is -0.391 e. The van der Waals surface area contributed by atoms with Gasteiger partial charge in [-0.3, -0.25) is 4.79 Å². The first-order valence-electron chi connectivity index (χ1n) is 9.11. The highest BCUT2D eigenvalue weighted by molar-refractivity contribution is 5.95. The zero-order chi connectivity index (χ0) is 16.6. The van der Waals surface area contributed by atoms with Gasteiger partial charge in [0.05, 0.1) is 11.7 Å². The fourth-order valence-electron chi connectivity index (χ4n) is 4.09. The predicted octanol–water partition coefficient (Wildman–Crippen LogP) is 3.45. The predicted molar refractivity (Wildman–Crippen MR) is 91.7 cm³/mol. The molecule has 0 spiro atoms. The molecule has 1 aromatic heterocycles. The third kappa shape index (κ3) is 3.47. The molecule has 2 saturated carbocycles. The van der Waals surface area contributed by atoms with Crippen LogP contribution in [-0.2, 0) is 0 Å². The van der Waals surface area contributed by atoms with Gasteiger partial charge in [0, 0.05) is 31.0 Å². The van der Waals surface area contributed by atoms with Crippen LogP contribution in [0.25, 0.3) is 0 Å². The van der Waals surface area contributed by atoms with Gasteiger partial charge in [-0.15, -0.1) is 0 Å². The molecule has 3 rings (SSSR count). The number of aryl methyl sites for hydroxylation is 1. The van der Waals surface area contributed by atoms with Crippen LogP contribution >= 0.6 is 0 Å². The van der Waals surface area contributed by atoms with Crippen molar-refractivity contribution in [2.75, 3.05) is 13.6 Å². The SMILES string of the molecule is Cc1cc(C(=O)N(C)CC(O)C2CC2)c(C)n1C1CCCCC1. The summed E-state index contributed by atoms with van der Waals surface area (Å²) in [6, 6.07) is 2.58. The molecule has 1 amide bonds. The van der Waals surface area contributed by atoms with Crippen LogP contribution in [0.2, 0.25) is 0 Å². The van der Waals surface area contributed by atoms with Crippen molar-refractivity contribution in [2.24, 2.45) is 5.92 Å². The molecule has 4 heteroatoms. The summed E-state index contributed by atoms with van der Waals surface area (Å²) in [4.78, 5) is 14.5. The van der Waals surface area contributed by atoms with Gasteiger partial charge in [0.25, 0.3) is 5.91 Å². The molecule has 128 valence electrons. The minimum atomic E-state index is -0.370. The molecule has 0 aliphatic heterocycles. The number of aliphatic hydroxyl groups is 1. The summed E-state index contributed by atoms with van der Waals surface area (Å²) in [7, 11) is 1.81. The molecule has 1 atom stereocenters. The highest BCUT2D eigenvalue weighted by atomic mass is 16.3.